The number of amides is 1. The van der Waals surface area contributed by atoms with E-state index in [9.17, 15) is 4.79 Å². The van der Waals surface area contributed by atoms with E-state index in [-0.39, 0.29) is 12.3 Å². The molecule has 28 heavy (non-hydrogen) atoms. The van der Waals surface area contributed by atoms with Crippen LogP contribution in [0.25, 0.3) is 22.5 Å². The monoisotopic (exact) mass is 366 g/mol. The van der Waals surface area contributed by atoms with Gasteiger partial charge in [-0.15, -0.1) is 0 Å². The standard InChI is InChI=1S/C23H18N4O/c28-23(14-17-6-8-21(25-15-17)19-10-12-24-13-11-19)27-20-7-9-22(26-16-20)18-4-2-1-3-5-18/h1-13,15-16H,14H2,(H,27,28). The van der Waals surface area contributed by atoms with E-state index in [2.05, 4.69) is 20.3 Å². The molecule has 4 aromatic rings. The number of benzene rings is 1. The van der Waals surface area contributed by atoms with Crippen LogP contribution in [0, 0.1) is 0 Å². The molecule has 5 heteroatoms. The molecule has 0 aliphatic heterocycles. The number of rotatable bonds is 5. The highest BCUT2D eigenvalue weighted by molar-refractivity contribution is 5.92. The molecule has 0 radical (unpaired) electrons. The van der Waals surface area contributed by atoms with Crippen LogP contribution in [-0.4, -0.2) is 20.9 Å². The van der Waals surface area contributed by atoms with E-state index in [4.69, 9.17) is 0 Å². The van der Waals surface area contributed by atoms with Crippen molar-refractivity contribution in [2.75, 3.05) is 5.32 Å². The van der Waals surface area contributed by atoms with Gasteiger partial charge in [0.25, 0.3) is 0 Å². The molecule has 0 atom stereocenters. The van der Waals surface area contributed by atoms with Gasteiger partial charge in [-0.05, 0) is 35.9 Å². The van der Waals surface area contributed by atoms with Crippen LogP contribution in [0.15, 0.2) is 91.5 Å². The Morgan fingerprint density at radius 1 is 0.750 bits per heavy atom. The number of pyridine rings is 3. The highest BCUT2D eigenvalue weighted by Crippen LogP contribution is 2.19. The first kappa shape index (κ1) is 17.5. The zero-order valence-electron chi connectivity index (χ0n) is 15.1. The molecule has 136 valence electrons. The number of anilines is 1. The van der Waals surface area contributed by atoms with E-state index in [1.54, 1.807) is 24.8 Å². The van der Waals surface area contributed by atoms with Crippen LogP contribution in [0.3, 0.4) is 0 Å². The number of nitrogens with zero attached hydrogens (tertiary/aromatic N) is 3. The van der Waals surface area contributed by atoms with Gasteiger partial charge >= 0.3 is 0 Å². The van der Waals surface area contributed by atoms with Crippen molar-refractivity contribution in [2.45, 2.75) is 6.42 Å². The summed E-state index contributed by atoms with van der Waals surface area (Å²) >= 11 is 0. The molecule has 0 unspecified atom stereocenters. The van der Waals surface area contributed by atoms with Crippen LogP contribution in [0.1, 0.15) is 5.56 Å². The third-order valence-electron chi connectivity index (χ3n) is 4.28. The van der Waals surface area contributed by atoms with Gasteiger partial charge in [0.2, 0.25) is 5.91 Å². The lowest BCUT2D eigenvalue weighted by molar-refractivity contribution is -0.115. The molecular weight excluding hydrogens is 348 g/mol. The first-order chi connectivity index (χ1) is 13.8. The number of aromatic nitrogens is 3. The molecule has 4 rings (SSSR count). The van der Waals surface area contributed by atoms with Gasteiger partial charge in [-0.25, -0.2) is 0 Å². The lowest BCUT2D eigenvalue weighted by Gasteiger charge is -2.07. The Balaban J connectivity index is 1.38. The number of carbonyl (C=O) groups excluding carboxylic acids is 1. The van der Waals surface area contributed by atoms with Crippen LogP contribution in [-0.2, 0) is 11.2 Å². The zero-order chi connectivity index (χ0) is 19.2. The Morgan fingerprint density at radius 2 is 1.43 bits per heavy atom. The second kappa shape index (κ2) is 8.22. The lowest BCUT2D eigenvalue weighted by atomic mass is 10.1. The van der Waals surface area contributed by atoms with E-state index in [1.807, 2.05) is 66.7 Å². The summed E-state index contributed by atoms with van der Waals surface area (Å²) in [7, 11) is 0. The quantitative estimate of drug-likeness (QED) is 0.569. The molecule has 1 amide bonds. The SMILES string of the molecule is O=C(Cc1ccc(-c2ccncc2)nc1)Nc1ccc(-c2ccccc2)nc1. The molecule has 5 nitrogen and oxygen atoms in total. The minimum absolute atomic E-state index is 0.104. The Kier molecular flexibility index (Phi) is 5.15. The number of hydrogen-bond acceptors (Lipinski definition) is 4. The normalized spacial score (nSPS) is 10.4. The molecule has 0 spiro atoms. The fraction of sp³-hybridized carbons (Fsp3) is 0.0435. The van der Waals surface area contributed by atoms with Gasteiger partial charge in [0.1, 0.15) is 0 Å². The number of hydrogen-bond donors (Lipinski definition) is 1. The van der Waals surface area contributed by atoms with Crippen LogP contribution in [0.5, 0.6) is 0 Å². The predicted molar refractivity (Wildman–Crippen MR) is 109 cm³/mol. The Morgan fingerprint density at radius 3 is 2.07 bits per heavy atom. The molecule has 0 aliphatic carbocycles. The Bertz CT molecular complexity index is 960. The average molecular weight is 366 g/mol. The topological polar surface area (TPSA) is 67.8 Å². The van der Waals surface area contributed by atoms with Gasteiger partial charge in [0, 0.05) is 29.7 Å². The summed E-state index contributed by atoms with van der Waals surface area (Å²) in [6, 6.07) is 21.3. The molecular formula is C23H18N4O. The first-order valence-corrected chi connectivity index (χ1v) is 8.94. The second-order valence-electron chi connectivity index (χ2n) is 6.31. The van der Waals surface area contributed by atoms with Crippen molar-refractivity contribution < 1.29 is 4.79 Å². The number of nitrogens with one attached hydrogen (secondary N) is 1. The van der Waals surface area contributed by atoms with Gasteiger partial charge in [-0.3, -0.25) is 19.7 Å². The highest BCUT2D eigenvalue weighted by atomic mass is 16.1. The third-order valence-corrected chi connectivity index (χ3v) is 4.28. The second-order valence-corrected chi connectivity index (χ2v) is 6.31. The van der Waals surface area contributed by atoms with E-state index in [0.29, 0.717) is 5.69 Å². The van der Waals surface area contributed by atoms with Gasteiger partial charge in [0.15, 0.2) is 0 Å². The first-order valence-electron chi connectivity index (χ1n) is 8.94. The molecule has 0 saturated carbocycles. The maximum atomic E-state index is 12.3. The Hall–Kier alpha value is -3.86. The summed E-state index contributed by atoms with van der Waals surface area (Å²) in [5.41, 5.74) is 5.29. The van der Waals surface area contributed by atoms with Crippen LogP contribution in [0.2, 0.25) is 0 Å². The fourth-order valence-electron chi connectivity index (χ4n) is 2.86. The maximum Gasteiger partial charge on any atom is 0.228 e. The lowest BCUT2D eigenvalue weighted by Crippen LogP contribution is -2.14. The summed E-state index contributed by atoms with van der Waals surface area (Å²) < 4.78 is 0. The summed E-state index contributed by atoms with van der Waals surface area (Å²) in [5.74, 6) is -0.104. The van der Waals surface area contributed by atoms with Crippen molar-refractivity contribution in [1.29, 1.82) is 0 Å². The van der Waals surface area contributed by atoms with E-state index < -0.39 is 0 Å². The zero-order valence-corrected chi connectivity index (χ0v) is 15.1. The van der Waals surface area contributed by atoms with Crippen LogP contribution >= 0.6 is 0 Å². The van der Waals surface area contributed by atoms with Gasteiger partial charge in [-0.1, -0.05) is 36.4 Å². The summed E-state index contributed by atoms with van der Waals surface area (Å²) in [4.78, 5) is 25.2. The molecule has 0 saturated heterocycles. The maximum absolute atomic E-state index is 12.3. The van der Waals surface area contributed by atoms with Gasteiger partial charge in [0.05, 0.1) is 29.7 Å². The van der Waals surface area contributed by atoms with Crippen molar-refractivity contribution in [2.24, 2.45) is 0 Å². The van der Waals surface area contributed by atoms with Gasteiger partial charge in [-0.2, -0.15) is 0 Å². The molecule has 0 bridgehead atoms. The van der Waals surface area contributed by atoms with E-state index in [0.717, 1.165) is 28.1 Å². The van der Waals surface area contributed by atoms with Crippen LogP contribution in [0.4, 0.5) is 5.69 Å². The van der Waals surface area contributed by atoms with Crippen molar-refractivity contribution in [3.8, 4) is 22.5 Å². The smallest absolute Gasteiger partial charge is 0.228 e. The van der Waals surface area contributed by atoms with Crippen LogP contribution < -0.4 is 5.32 Å². The summed E-state index contributed by atoms with van der Waals surface area (Å²) in [5, 5.41) is 2.88. The number of carbonyl (C=O) groups is 1. The van der Waals surface area contributed by atoms with Gasteiger partial charge < -0.3 is 5.32 Å². The predicted octanol–water partition coefficient (Wildman–Crippen LogP) is 4.39. The molecule has 1 aromatic carbocycles. The average Bonchev–Trinajstić information content (AvgIpc) is 2.76. The largest absolute Gasteiger partial charge is 0.324 e. The van der Waals surface area contributed by atoms with Crippen molar-refractivity contribution in [3.63, 3.8) is 0 Å². The molecule has 0 aliphatic rings. The Labute approximate surface area is 163 Å². The van der Waals surface area contributed by atoms with E-state index >= 15 is 0 Å². The molecule has 1 N–H and O–H groups in total. The molecule has 3 heterocycles. The van der Waals surface area contributed by atoms with Crippen molar-refractivity contribution in [1.82, 2.24) is 15.0 Å². The molecule has 3 aromatic heterocycles. The fourth-order valence-corrected chi connectivity index (χ4v) is 2.86. The minimum atomic E-state index is -0.104. The molecule has 0 fully saturated rings. The summed E-state index contributed by atoms with van der Waals surface area (Å²) in [6.45, 7) is 0. The van der Waals surface area contributed by atoms with Crippen molar-refractivity contribution in [3.05, 3.63) is 97.1 Å². The van der Waals surface area contributed by atoms with Crippen molar-refractivity contribution >= 4 is 11.6 Å². The third kappa shape index (κ3) is 4.27. The highest BCUT2D eigenvalue weighted by Gasteiger charge is 2.07. The summed E-state index contributed by atoms with van der Waals surface area (Å²) in [6.07, 6.45) is 7.12. The minimum Gasteiger partial charge on any atom is -0.324 e. The van der Waals surface area contributed by atoms with E-state index in [1.165, 1.54) is 0 Å².